The number of ether oxygens (including phenoxy) is 1. The van der Waals surface area contributed by atoms with Gasteiger partial charge in [-0.1, -0.05) is 30.3 Å². The lowest BCUT2D eigenvalue weighted by atomic mass is 10.2. The number of benzene rings is 1. The fourth-order valence-electron chi connectivity index (χ4n) is 1.61. The number of primary amides is 1. The van der Waals surface area contributed by atoms with E-state index in [9.17, 15) is 9.59 Å². The number of nitrogens with one attached hydrogen (secondary N) is 2. The van der Waals surface area contributed by atoms with E-state index in [1.807, 2.05) is 30.3 Å². The van der Waals surface area contributed by atoms with Gasteiger partial charge in [0.1, 0.15) is 11.6 Å². The Morgan fingerprint density at radius 1 is 1.24 bits per heavy atom. The SMILES string of the molecule is CC(C)(C)OC(=O)NCC(NCc1ccccc1)C(N)=O. The second kappa shape index (κ2) is 7.64. The van der Waals surface area contributed by atoms with Gasteiger partial charge in [-0.2, -0.15) is 0 Å². The first kappa shape index (κ1) is 17.0. The van der Waals surface area contributed by atoms with Crippen LogP contribution in [0, 0.1) is 0 Å². The van der Waals surface area contributed by atoms with Gasteiger partial charge in [-0.05, 0) is 26.3 Å². The Morgan fingerprint density at radius 2 is 1.86 bits per heavy atom. The van der Waals surface area contributed by atoms with Crippen molar-refractivity contribution in [3.05, 3.63) is 35.9 Å². The Balaban J connectivity index is 2.44. The fraction of sp³-hybridized carbons (Fsp3) is 0.467. The minimum atomic E-state index is -0.655. The van der Waals surface area contributed by atoms with E-state index >= 15 is 0 Å². The lowest BCUT2D eigenvalue weighted by Crippen LogP contribution is -2.49. The number of hydrogen-bond donors (Lipinski definition) is 3. The zero-order valence-electron chi connectivity index (χ0n) is 12.7. The summed E-state index contributed by atoms with van der Waals surface area (Å²) >= 11 is 0. The van der Waals surface area contributed by atoms with Crippen molar-refractivity contribution in [1.29, 1.82) is 0 Å². The van der Waals surface area contributed by atoms with E-state index in [2.05, 4.69) is 10.6 Å². The molecule has 6 heteroatoms. The third-order valence-corrected chi connectivity index (χ3v) is 2.59. The van der Waals surface area contributed by atoms with Crippen LogP contribution in [0.5, 0.6) is 0 Å². The standard InChI is InChI=1S/C15H23N3O3/c1-15(2,3)21-14(20)18-10-12(13(16)19)17-9-11-7-5-4-6-8-11/h4-8,12,17H,9-10H2,1-3H3,(H2,16,19)(H,18,20). The molecule has 1 aromatic carbocycles. The Kier molecular flexibility index (Phi) is 6.17. The number of carbonyl (C=O) groups is 2. The van der Waals surface area contributed by atoms with Crippen molar-refractivity contribution < 1.29 is 14.3 Å². The summed E-state index contributed by atoms with van der Waals surface area (Å²) < 4.78 is 5.10. The smallest absolute Gasteiger partial charge is 0.407 e. The quantitative estimate of drug-likeness (QED) is 0.733. The lowest BCUT2D eigenvalue weighted by molar-refractivity contribution is -0.119. The molecular formula is C15H23N3O3. The minimum absolute atomic E-state index is 0.0804. The van der Waals surface area contributed by atoms with Crippen LogP contribution >= 0.6 is 0 Å². The molecule has 1 aromatic rings. The van der Waals surface area contributed by atoms with Crippen LogP contribution in [0.1, 0.15) is 26.3 Å². The van der Waals surface area contributed by atoms with Crippen molar-refractivity contribution in [2.45, 2.75) is 39.0 Å². The zero-order chi connectivity index (χ0) is 15.9. The summed E-state index contributed by atoms with van der Waals surface area (Å²) in [6, 6.07) is 8.96. The van der Waals surface area contributed by atoms with Crippen LogP contribution in [-0.4, -0.2) is 30.2 Å². The molecule has 0 heterocycles. The van der Waals surface area contributed by atoms with Gasteiger partial charge >= 0.3 is 6.09 Å². The first-order valence-corrected chi connectivity index (χ1v) is 6.81. The van der Waals surface area contributed by atoms with Crippen LogP contribution in [-0.2, 0) is 16.1 Å². The third-order valence-electron chi connectivity index (χ3n) is 2.59. The van der Waals surface area contributed by atoms with Crippen molar-refractivity contribution in [3.63, 3.8) is 0 Å². The number of amides is 2. The monoisotopic (exact) mass is 293 g/mol. The molecule has 1 atom stereocenters. The molecular weight excluding hydrogens is 270 g/mol. The van der Waals surface area contributed by atoms with Crippen LogP contribution in [0.3, 0.4) is 0 Å². The van der Waals surface area contributed by atoms with Crippen LogP contribution in [0.4, 0.5) is 4.79 Å². The van der Waals surface area contributed by atoms with E-state index in [1.54, 1.807) is 20.8 Å². The number of alkyl carbamates (subject to hydrolysis) is 1. The molecule has 1 rings (SSSR count). The average molecular weight is 293 g/mol. The molecule has 4 N–H and O–H groups in total. The highest BCUT2D eigenvalue weighted by Gasteiger charge is 2.19. The fourth-order valence-corrected chi connectivity index (χ4v) is 1.61. The molecule has 0 aliphatic rings. The van der Waals surface area contributed by atoms with Gasteiger partial charge < -0.3 is 21.1 Å². The summed E-state index contributed by atoms with van der Waals surface area (Å²) in [4.78, 5) is 22.9. The second-order valence-corrected chi connectivity index (χ2v) is 5.70. The summed E-state index contributed by atoms with van der Waals surface area (Å²) in [5.74, 6) is -0.526. The number of rotatable bonds is 6. The van der Waals surface area contributed by atoms with Crippen LogP contribution in [0.2, 0.25) is 0 Å². The highest BCUT2D eigenvalue weighted by atomic mass is 16.6. The predicted octanol–water partition coefficient (Wildman–Crippen LogP) is 1.15. The molecule has 21 heavy (non-hydrogen) atoms. The molecule has 116 valence electrons. The number of hydrogen-bond acceptors (Lipinski definition) is 4. The summed E-state index contributed by atoms with van der Waals surface area (Å²) in [7, 11) is 0. The largest absolute Gasteiger partial charge is 0.444 e. The van der Waals surface area contributed by atoms with Crippen molar-refractivity contribution >= 4 is 12.0 Å². The summed E-state index contributed by atoms with van der Waals surface area (Å²) in [6.07, 6.45) is -0.574. The molecule has 0 fully saturated rings. The van der Waals surface area contributed by atoms with Crippen molar-refractivity contribution in [3.8, 4) is 0 Å². The Bertz CT molecular complexity index is 469. The molecule has 2 amide bonds. The van der Waals surface area contributed by atoms with Crippen molar-refractivity contribution in [1.82, 2.24) is 10.6 Å². The molecule has 0 saturated carbocycles. The van der Waals surface area contributed by atoms with Gasteiger partial charge in [0.05, 0.1) is 0 Å². The van der Waals surface area contributed by atoms with E-state index in [-0.39, 0.29) is 6.54 Å². The number of carbonyl (C=O) groups excluding carboxylic acids is 2. The van der Waals surface area contributed by atoms with E-state index in [1.165, 1.54) is 0 Å². The van der Waals surface area contributed by atoms with Crippen LogP contribution < -0.4 is 16.4 Å². The lowest BCUT2D eigenvalue weighted by Gasteiger charge is -2.21. The molecule has 0 aromatic heterocycles. The van der Waals surface area contributed by atoms with Gasteiger partial charge in [-0.25, -0.2) is 4.79 Å². The summed E-state index contributed by atoms with van der Waals surface area (Å²) in [5.41, 5.74) is 5.77. The summed E-state index contributed by atoms with van der Waals surface area (Å²) in [6.45, 7) is 5.88. The van der Waals surface area contributed by atoms with E-state index in [4.69, 9.17) is 10.5 Å². The normalized spacial score (nSPS) is 12.5. The van der Waals surface area contributed by atoms with Gasteiger partial charge in [-0.15, -0.1) is 0 Å². The minimum Gasteiger partial charge on any atom is -0.444 e. The van der Waals surface area contributed by atoms with Gasteiger partial charge in [0, 0.05) is 13.1 Å². The summed E-state index contributed by atoms with van der Waals surface area (Å²) in [5, 5.41) is 5.54. The van der Waals surface area contributed by atoms with Gasteiger partial charge in [0.25, 0.3) is 0 Å². The maximum absolute atomic E-state index is 11.5. The molecule has 0 radical (unpaired) electrons. The van der Waals surface area contributed by atoms with Crippen LogP contribution in [0.25, 0.3) is 0 Å². The number of nitrogens with two attached hydrogens (primary N) is 1. The van der Waals surface area contributed by atoms with Gasteiger partial charge in [-0.3, -0.25) is 4.79 Å². The Morgan fingerprint density at radius 3 is 2.38 bits per heavy atom. The zero-order valence-corrected chi connectivity index (χ0v) is 12.7. The van der Waals surface area contributed by atoms with E-state index in [0.29, 0.717) is 6.54 Å². The van der Waals surface area contributed by atoms with Gasteiger partial charge in [0.15, 0.2) is 0 Å². The second-order valence-electron chi connectivity index (χ2n) is 5.70. The molecule has 6 nitrogen and oxygen atoms in total. The molecule has 0 aliphatic heterocycles. The Labute approximate surface area is 125 Å². The topological polar surface area (TPSA) is 93.4 Å². The average Bonchev–Trinajstić information content (AvgIpc) is 2.37. The maximum Gasteiger partial charge on any atom is 0.407 e. The first-order valence-electron chi connectivity index (χ1n) is 6.81. The molecule has 0 aliphatic carbocycles. The molecule has 0 spiro atoms. The van der Waals surface area contributed by atoms with Gasteiger partial charge in [0.2, 0.25) is 5.91 Å². The Hall–Kier alpha value is -2.08. The van der Waals surface area contributed by atoms with E-state index in [0.717, 1.165) is 5.56 Å². The van der Waals surface area contributed by atoms with E-state index < -0.39 is 23.6 Å². The highest BCUT2D eigenvalue weighted by molar-refractivity contribution is 5.81. The highest BCUT2D eigenvalue weighted by Crippen LogP contribution is 2.06. The van der Waals surface area contributed by atoms with Crippen LogP contribution in [0.15, 0.2) is 30.3 Å². The maximum atomic E-state index is 11.5. The predicted molar refractivity (Wildman–Crippen MR) is 80.5 cm³/mol. The van der Waals surface area contributed by atoms with Crippen molar-refractivity contribution in [2.24, 2.45) is 5.73 Å². The molecule has 0 bridgehead atoms. The molecule has 1 unspecified atom stereocenters. The molecule has 0 saturated heterocycles. The third kappa shape index (κ3) is 7.31. The van der Waals surface area contributed by atoms with Crippen molar-refractivity contribution in [2.75, 3.05) is 6.54 Å². The first-order chi connectivity index (χ1) is 9.78.